The normalized spacial score (nSPS) is 18.0. The van der Waals surface area contributed by atoms with Gasteiger partial charge in [0.2, 0.25) is 0 Å². The van der Waals surface area contributed by atoms with Gasteiger partial charge >= 0.3 is 0 Å². The van der Waals surface area contributed by atoms with Crippen LogP contribution in [0.1, 0.15) is 11.6 Å². The lowest BCUT2D eigenvalue weighted by Gasteiger charge is -2.34. The highest BCUT2D eigenvalue weighted by atomic mass is 16.3. The molecule has 1 saturated heterocycles. The molecule has 2 aromatic rings. The number of benzene rings is 2. The summed E-state index contributed by atoms with van der Waals surface area (Å²) in [5.41, 5.74) is 0.972. The van der Waals surface area contributed by atoms with Crippen molar-refractivity contribution in [3.05, 3.63) is 54.6 Å². The van der Waals surface area contributed by atoms with Gasteiger partial charge < -0.3 is 10.4 Å². The molecule has 20 heavy (non-hydrogen) atoms. The Bertz CT molecular complexity index is 617. The number of phenolic OH excluding ortho intramolecular Hbond substituents is 1. The summed E-state index contributed by atoms with van der Waals surface area (Å²) < 4.78 is 0. The molecule has 2 N–H and O–H groups in total. The highest BCUT2D eigenvalue weighted by Gasteiger charge is 2.23. The van der Waals surface area contributed by atoms with Gasteiger partial charge in [-0.25, -0.2) is 0 Å². The quantitative estimate of drug-likeness (QED) is 0.840. The number of piperazine rings is 1. The second kappa shape index (κ2) is 5.65. The molecule has 3 rings (SSSR count). The monoisotopic (exact) mass is 268 g/mol. The molecule has 0 amide bonds. The molecule has 1 aliphatic rings. The molecule has 1 atom stereocenters. The lowest BCUT2D eigenvalue weighted by Crippen LogP contribution is -2.44. The van der Waals surface area contributed by atoms with Crippen LogP contribution in [0.2, 0.25) is 0 Å². The van der Waals surface area contributed by atoms with E-state index in [4.69, 9.17) is 0 Å². The van der Waals surface area contributed by atoms with Gasteiger partial charge in [-0.3, -0.25) is 4.90 Å². The van der Waals surface area contributed by atoms with Crippen LogP contribution >= 0.6 is 0 Å². The Balaban J connectivity index is 2.10. The van der Waals surface area contributed by atoms with E-state index < -0.39 is 0 Å². The summed E-state index contributed by atoms with van der Waals surface area (Å²) in [6, 6.07) is 12.0. The first-order valence-corrected chi connectivity index (χ1v) is 7.09. The van der Waals surface area contributed by atoms with Crippen LogP contribution in [0.25, 0.3) is 10.8 Å². The van der Waals surface area contributed by atoms with Gasteiger partial charge in [0, 0.05) is 31.7 Å². The molecule has 3 nitrogen and oxygen atoms in total. The fourth-order valence-corrected chi connectivity index (χ4v) is 3.00. The minimum absolute atomic E-state index is 0.0585. The molecule has 1 fully saturated rings. The summed E-state index contributed by atoms with van der Waals surface area (Å²) in [5.74, 6) is 0.354. The highest BCUT2D eigenvalue weighted by Crippen LogP contribution is 2.36. The largest absolute Gasteiger partial charge is 0.508 e. The molecule has 0 radical (unpaired) electrons. The topological polar surface area (TPSA) is 35.5 Å². The van der Waals surface area contributed by atoms with Crippen molar-refractivity contribution in [1.29, 1.82) is 0 Å². The van der Waals surface area contributed by atoms with Gasteiger partial charge in [-0.2, -0.15) is 0 Å². The maximum Gasteiger partial charge on any atom is 0.121 e. The van der Waals surface area contributed by atoms with Gasteiger partial charge in [0.15, 0.2) is 0 Å². The first kappa shape index (κ1) is 13.2. The molecule has 0 spiro atoms. The average Bonchev–Trinajstić information content (AvgIpc) is 2.51. The Morgan fingerprint density at radius 1 is 1.15 bits per heavy atom. The number of nitrogens with one attached hydrogen (secondary N) is 1. The molecule has 0 aromatic heterocycles. The smallest absolute Gasteiger partial charge is 0.121 e. The van der Waals surface area contributed by atoms with Gasteiger partial charge in [-0.05, 0) is 16.8 Å². The minimum Gasteiger partial charge on any atom is -0.508 e. The van der Waals surface area contributed by atoms with Crippen LogP contribution in [0.5, 0.6) is 5.75 Å². The van der Waals surface area contributed by atoms with Gasteiger partial charge in [0.25, 0.3) is 0 Å². The predicted molar refractivity (Wildman–Crippen MR) is 83.0 cm³/mol. The minimum atomic E-state index is 0.0585. The number of fused-ring (bicyclic) bond motifs is 1. The molecular weight excluding hydrogens is 248 g/mol. The lowest BCUT2D eigenvalue weighted by atomic mass is 9.96. The molecule has 2 aromatic carbocycles. The summed E-state index contributed by atoms with van der Waals surface area (Å²) in [6.45, 7) is 7.89. The first-order chi connectivity index (χ1) is 9.81. The van der Waals surface area contributed by atoms with E-state index >= 15 is 0 Å². The number of hydrogen-bond donors (Lipinski definition) is 2. The molecule has 0 bridgehead atoms. The van der Waals surface area contributed by atoms with Crippen LogP contribution in [0.4, 0.5) is 0 Å². The maximum absolute atomic E-state index is 10.4. The third-order valence-electron chi connectivity index (χ3n) is 4.01. The second-order valence-corrected chi connectivity index (χ2v) is 5.19. The van der Waals surface area contributed by atoms with E-state index in [1.54, 1.807) is 6.07 Å². The third-order valence-corrected chi connectivity index (χ3v) is 4.01. The van der Waals surface area contributed by atoms with Crippen molar-refractivity contribution >= 4 is 10.8 Å². The van der Waals surface area contributed by atoms with Crippen molar-refractivity contribution in [2.24, 2.45) is 0 Å². The van der Waals surface area contributed by atoms with Gasteiger partial charge in [-0.15, -0.1) is 6.58 Å². The van der Waals surface area contributed by atoms with E-state index in [1.165, 1.54) is 0 Å². The summed E-state index contributed by atoms with van der Waals surface area (Å²) in [4.78, 5) is 2.37. The van der Waals surface area contributed by atoms with E-state index in [-0.39, 0.29) is 6.04 Å². The molecule has 0 unspecified atom stereocenters. The Kier molecular flexibility index (Phi) is 3.72. The van der Waals surface area contributed by atoms with E-state index in [0.717, 1.165) is 42.5 Å². The summed E-state index contributed by atoms with van der Waals surface area (Å²) in [6.07, 6.45) is 1.94. The Morgan fingerprint density at radius 3 is 2.65 bits per heavy atom. The Labute approximate surface area is 119 Å². The summed E-state index contributed by atoms with van der Waals surface area (Å²) in [7, 11) is 0. The molecule has 1 heterocycles. The fourth-order valence-electron chi connectivity index (χ4n) is 3.00. The second-order valence-electron chi connectivity index (χ2n) is 5.19. The number of hydrogen-bond acceptors (Lipinski definition) is 3. The van der Waals surface area contributed by atoms with Crippen molar-refractivity contribution < 1.29 is 5.11 Å². The predicted octanol–water partition coefficient (Wildman–Crippen LogP) is 2.68. The summed E-state index contributed by atoms with van der Waals surface area (Å²) >= 11 is 0. The standard InChI is InChI=1S/C17H20N2O/c1-2-15(19-11-9-18-10-12-19)17-14-6-4-3-5-13(14)7-8-16(17)20/h2-8,15,18,20H,1,9-12H2/t15-/m1/s1. The van der Waals surface area contributed by atoms with Crippen molar-refractivity contribution in [3.8, 4) is 5.75 Å². The zero-order valence-electron chi connectivity index (χ0n) is 11.5. The van der Waals surface area contributed by atoms with E-state index in [0.29, 0.717) is 5.75 Å². The average molecular weight is 268 g/mol. The van der Waals surface area contributed by atoms with Crippen LogP contribution in [0.15, 0.2) is 49.1 Å². The van der Waals surface area contributed by atoms with Crippen LogP contribution in [0.3, 0.4) is 0 Å². The van der Waals surface area contributed by atoms with Crippen LogP contribution < -0.4 is 5.32 Å². The Hall–Kier alpha value is -1.84. The van der Waals surface area contributed by atoms with E-state index in [9.17, 15) is 5.11 Å². The highest BCUT2D eigenvalue weighted by molar-refractivity contribution is 5.88. The van der Waals surface area contributed by atoms with Gasteiger partial charge in [0.05, 0.1) is 6.04 Å². The SMILES string of the molecule is C=C[C@H](c1c(O)ccc2ccccc12)N1CCNCC1. The molecule has 1 aliphatic heterocycles. The van der Waals surface area contributed by atoms with Crippen LogP contribution in [0, 0.1) is 0 Å². The van der Waals surface area contributed by atoms with Crippen molar-refractivity contribution in [1.82, 2.24) is 10.2 Å². The molecule has 0 saturated carbocycles. The number of nitrogens with zero attached hydrogens (tertiary/aromatic N) is 1. The summed E-state index contributed by atoms with van der Waals surface area (Å²) in [5, 5.41) is 16.0. The zero-order valence-corrected chi connectivity index (χ0v) is 11.5. The molecule has 104 valence electrons. The van der Waals surface area contributed by atoms with E-state index in [2.05, 4.69) is 28.9 Å². The Morgan fingerprint density at radius 2 is 1.90 bits per heavy atom. The van der Waals surface area contributed by atoms with Crippen molar-refractivity contribution in [2.45, 2.75) is 6.04 Å². The third kappa shape index (κ3) is 2.30. The van der Waals surface area contributed by atoms with E-state index in [1.807, 2.05) is 24.3 Å². The number of aromatic hydroxyl groups is 1. The van der Waals surface area contributed by atoms with Crippen LogP contribution in [-0.2, 0) is 0 Å². The van der Waals surface area contributed by atoms with Crippen molar-refractivity contribution in [3.63, 3.8) is 0 Å². The lowest BCUT2D eigenvalue weighted by molar-refractivity contribution is 0.202. The zero-order chi connectivity index (χ0) is 13.9. The first-order valence-electron chi connectivity index (χ1n) is 7.09. The fraction of sp³-hybridized carbons (Fsp3) is 0.294. The molecule has 0 aliphatic carbocycles. The van der Waals surface area contributed by atoms with Crippen LogP contribution in [-0.4, -0.2) is 36.2 Å². The number of phenols is 1. The number of rotatable bonds is 3. The van der Waals surface area contributed by atoms with Gasteiger partial charge in [-0.1, -0.05) is 36.4 Å². The van der Waals surface area contributed by atoms with Crippen molar-refractivity contribution in [2.75, 3.05) is 26.2 Å². The molecular formula is C17H20N2O. The van der Waals surface area contributed by atoms with Gasteiger partial charge in [0.1, 0.15) is 5.75 Å². The molecule has 3 heteroatoms. The maximum atomic E-state index is 10.4.